The van der Waals surface area contributed by atoms with Crippen molar-refractivity contribution in [2.45, 2.75) is 45.8 Å². The van der Waals surface area contributed by atoms with Crippen LogP contribution in [0.15, 0.2) is 48.5 Å². The predicted octanol–water partition coefficient (Wildman–Crippen LogP) is 3.87. The summed E-state index contributed by atoms with van der Waals surface area (Å²) in [4.78, 5) is 11.7. The summed E-state index contributed by atoms with van der Waals surface area (Å²) in [5.74, 6) is 0.770. The molecular weight excluding hydrogens is 342 g/mol. The molecule has 2 rings (SSSR count). The summed E-state index contributed by atoms with van der Waals surface area (Å²) in [5, 5.41) is 12.1. The Balaban J connectivity index is 1.93. The summed E-state index contributed by atoms with van der Waals surface area (Å²) >= 11 is 0. The zero-order chi connectivity index (χ0) is 19.7. The highest BCUT2D eigenvalue weighted by Gasteiger charge is 2.15. The summed E-state index contributed by atoms with van der Waals surface area (Å²) in [6.07, 6.45) is 0.784. The molecule has 0 aromatic heterocycles. The van der Waals surface area contributed by atoms with Crippen LogP contribution < -0.4 is 10.1 Å². The fourth-order valence-corrected chi connectivity index (χ4v) is 2.64. The van der Waals surface area contributed by atoms with Crippen molar-refractivity contribution in [1.82, 2.24) is 5.32 Å². The maximum Gasteiger partial charge on any atom is 0.407 e. The molecule has 0 heterocycles. The molecule has 146 valence electrons. The van der Waals surface area contributed by atoms with Crippen LogP contribution in [0.1, 0.15) is 37.5 Å². The number of ether oxygens (including phenoxy) is 2. The van der Waals surface area contributed by atoms with Gasteiger partial charge >= 0.3 is 6.09 Å². The first-order chi connectivity index (χ1) is 12.9. The lowest BCUT2D eigenvalue weighted by Gasteiger charge is -2.20. The van der Waals surface area contributed by atoms with Gasteiger partial charge in [-0.2, -0.15) is 0 Å². The molecule has 0 aliphatic heterocycles. The second-order valence-electron chi connectivity index (χ2n) is 7.36. The highest BCUT2D eigenvalue weighted by molar-refractivity contribution is 5.67. The minimum atomic E-state index is -0.510. The first-order valence-electron chi connectivity index (χ1n) is 9.23. The van der Waals surface area contributed by atoms with Crippen LogP contribution in [-0.2, 0) is 24.2 Å². The molecule has 5 nitrogen and oxygen atoms in total. The van der Waals surface area contributed by atoms with Crippen molar-refractivity contribution >= 4 is 6.09 Å². The van der Waals surface area contributed by atoms with Gasteiger partial charge in [0, 0.05) is 13.2 Å². The number of hydrogen-bond donors (Lipinski definition) is 2. The van der Waals surface area contributed by atoms with Gasteiger partial charge in [0.25, 0.3) is 0 Å². The van der Waals surface area contributed by atoms with E-state index < -0.39 is 11.7 Å². The van der Waals surface area contributed by atoms with Gasteiger partial charge in [-0.3, -0.25) is 0 Å². The van der Waals surface area contributed by atoms with Crippen molar-refractivity contribution in [2.75, 3.05) is 13.2 Å². The first kappa shape index (κ1) is 20.8. The Morgan fingerprint density at radius 3 is 2.44 bits per heavy atom. The Hall–Kier alpha value is -2.53. The van der Waals surface area contributed by atoms with E-state index in [4.69, 9.17) is 9.47 Å². The SMILES string of the molecule is CC(C)(C)OC(=O)NCCc1ccc(OCc2ccccc2)cc1CCO. The summed E-state index contributed by atoms with van der Waals surface area (Å²) in [5.41, 5.74) is 2.69. The molecule has 0 saturated carbocycles. The van der Waals surface area contributed by atoms with Crippen molar-refractivity contribution in [1.29, 1.82) is 0 Å². The Labute approximate surface area is 161 Å². The number of carbonyl (C=O) groups is 1. The van der Waals surface area contributed by atoms with E-state index in [1.54, 1.807) is 0 Å². The van der Waals surface area contributed by atoms with Crippen LogP contribution in [0.2, 0.25) is 0 Å². The van der Waals surface area contributed by atoms with Gasteiger partial charge < -0.3 is 19.9 Å². The number of aliphatic hydroxyl groups is 1. The number of amides is 1. The van der Waals surface area contributed by atoms with Crippen molar-refractivity contribution in [3.8, 4) is 5.75 Å². The van der Waals surface area contributed by atoms with Gasteiger partial charge in [-0.05, 0) is 62.4 Å². The highest BCUT2D eigenvalue weighted by atomic mass is 16.6. The van der Waals surface area contributed by atoms with Gasteiger partial charge in [-0.1, -0.05) is 36.4 Å². The number of alkyl carbamates (subject to hydrolysis) is 1. The number of rotatable bonds is 8. The van der Waals surface area contributed by atoms with Gasteiger partial charge in [0.1, 0.15) is 18.0 Å². The maximum atomic E-state index is 11.7. The van der Waals surface area contributed by atoms with Crippen molar-refractivity contribution in [3.63, 3.8) is 0 Å². The van der Waals surface area contributed by atoms with E-state index in [2.05, 4.69) is 5.32 Å². The molecule has 2 aromatic rings. The number of benzene rings is 2. The standard InChI is InChI=1S/C22H29NO4/c1-22(2,3)27-21(25)23-13-11-18-9-10-20(15-19(18)12-14-24)26-16-17-7-5-4-6-8-17/h4-10,15,24H,11-14,16H2,1-3H3,(H,23,25). The molecule has 2 aromatic carbocycles. The molecule has 0 fully saturated rings. The number of nitrogens with one attached hydrogen (secondary N) is 1. The van der Waals surface area contributed by atoms with Gasteiger partial charge in [-0.25, -0.2) is 4.79 Å². The quantitative estimate of drug-likeness (QED) is 0.739. The second-order valence-corrected chi connectivity index (χ2v) is 7.36. The average molecular weight is 371 g/mol. The molecule has 1 amide bonds. The van der Waals surface area contributed by atoms with Crippen LogP contribution >= 0.6 is 0 Å². The molecule has 27 heavy (non-hydrogen) atoms. The maximum absolute atomic E-state index is 11.7. The normalized spacial score (nSPS) is 11.1. The third kappa shape index (κ3) is 7.71. The Morgan fingerprint density at radius 1 is 1.04 bits per heavy atom. The average Bonchev–Trinajstić information content (AvgIpc) is 2.61. The minimum Gasteiger partial charge on any atom is -0.489 e. The van der Waals surface area contributed by atoms with E-state index in [0.717, 1.165) is 22.4 Å². The Bertz CT molecular complexity index is 723. The van der Waals surface area contributed by atoms with E-state index in [0.29, 0.717) is 26.0 Å². The van der Waals surface area contributed by atoms with E-state index in [-0.39, 0.29) is 6.61 Å². The third-order valence-corrected chi connectivity index (χ3v) is 3.87. The van der Waals surface area contributed by atoms with Crippen LogP contribution in [0.4, 0.5) is 4.79 Å². The zero-order valence-electron chi connectivity index (χ0n) is 16.3. The molecular formula is C22H29NO4. The van der Waals surface area contributed by atoms with E-state index in [9.17, 15) is 9.90 Å². The number of carbonyl (C=O) groups excluding carboxylic acids is 1. The highest BCUT2D eigenvalue weighted by Crippen LogP contribution is 2.20. The summed E-state index contributed by atoms with van der Waals surface area (Å²) in [7, 11) is 0. The molecule has 5 heteroatoms. The number of hydrogen-bond acceptors (Lipinski definition) is 4. The molecule has 0 aliphatic carbocycles. The predicted molar refractivity (Wildman–Crippen MR) is 106 cm³/mol. The molecule has 0 bridgehead atoms. The molecule has 0 aliphatic rings. The largest absolute Gasteiger partial charge is 0.489 e. The van der Waals surface area contributed by atoms with Crippen LogP contribution in [0, 0.1) is 0 Å². The van der Waals surface area contributed by atoms with Gasteiger partial charge in [0.15, 0.2) is 0 Å². The van der Waals surface area contributed by atoms with Crippen molar-refractivity contribution in [2.24, 2.45) is 0 Å². The molecule has 0 atom stereocenters. The topological polar surface area (TPSA) is 67.8 Å². The molecule has 0 saturated heterocycles. The monoisotopic (exact) mass is 371 g/mol. The fourth-order valence-electron chi connectivity index (χ4n) is 2.64. The lowest BCUT2D eigenvalue weighted by Crippen LogP contribution is -2.33. The van der Waals surface area contributed by atoms with Crippen molar-refractivity contribution < 1.29 is 19.4 Å². The first-order valence-corrected chi connectivity index (χ1v) is 9.23. The fraction of sp³-hybridized carbons (Fsp3) is 0.409. The minimum absolute atomic E-state index is 0.0641. The van der Waals surface area contributed by atoms with E-state index in [1.165, 1.54) is 0 Å². The van der Waals surface area contributed by atoms with Crippen LogP contribution in [0.5, 0.6) is 5.75 Å². The lowest BCUT2D eigenvalue weighted by molar-refractivity contribution is 0.0528. The van der Waals surface area contributed by atoms with Gasteiger partial charge in [0.05, 0.1) is 0 Å². The molecule has 0 spiro atoms. The van der Waals surface area contributed by atoms with Crippen LogP contribution in [0.25, 0.3) is 0 Å². The Morgan fingerprint density at radius 2 is 1.78 bits per heavy atom. The lowest BCUT2D eigenvalue weighted by atomic mass is 10.0. The summed E-state index contributed by atoms with van der Waals surface area (Å²) < 4.78 is 11.1. The van der Waals surface area contributed by atoms with E-state index >= 15 is 0 Å². The number of aliphatic hydroxyl groups excluding tert-OH is 1. The third-order valence-electron chi connectivity index (χ3n) is 3.87. The van der Waals surface area contributed by atoms with Crippen molar-refractivity contribution in [3.05, 3.63) is 65.2 Å². The molecule has 0 radical (unpaired) electrons. The second kappa shape index (κ2) is 9.97. The molecule has 2 N–H and O–H groups in total. The van der Waals surface area contributed by atoms with Gasteiger partial charge in [0.2, 0.25) is 0 Å². The van der Waals surface area contributed by atoms with Gasteiger partial charge in [-0.15, -0.1) is 0 Å². The smallest absolute Gasteiger partial charge is 0.407 e. The van der Waals surface area contributed by atoms with Crippen LogP contribution in [0.3, 0.4) is 0 Å². The van der Waals surface area contributed by atoms with E-state index in [1.807, 2.05) is 69.3 Å². The molecule has 0 unspecified atom stereocenters. The zero-order valence-corrected chi connectivity index (χ0v) is 16.3. The Kier molecular flexibility index (Phi) is 7.67. The summed E-state index contributed by atoms with van der Waals surface area (Å²) in [6.45, 7) is 6.53. The van der Waals surface area contributed by atoms with Crippen LogP contribution in [-0.4, -0.2) is 30.0 Å². The summed E-state index contributed by atoms with van der Waals surface area (Å²) in [6, 6.07) is 15.9.